The molecule has 0 atom stereocenters. The minimum absolute atomic E-state index is 0.0977. The SMILES string of the molecule is COc1ccc(NC(=O)c2ccccc2NC(=O)CSc2n[nH]c(-c3ccccc3)n2)cc1. The fourth-order valence-electron chi connectivity index (χ4n) is 3.02. The molecule has 9 heteroatoms. The summed E-state index contributed by atoms with van der Waals surface area (Å²) in [6.45, 7) is 0. The molecule has 0 aliphatic heterocycles. The number of rotatable bonds is 8. The number of carbonyl (C=O) groups is 2. The van der Waals surface area contributed by atoms with Crippen LogP contribution in [0.2, 0.25) is 0 Å². The number of thioether (sulfide) groups is 1. The van der Waals surface area contributed by atoms with Crippen LogP contribution in [0.15, 0.2) is 84.0 Å². The zero-order valence-electron chi connectivity index (χ0n) is 17.7. The minimum Gasteiger partial charge on any atom is -0.497 e. The molecule has 0 unspecified atom stereocenters. The summed E-state index contributed by atoms with van der Waals surface area (Å²) in [6, 6.07) is 23.5. The van der Waals surface area contributed by atoms with Crippen molar-refractivity contribution in [3.63, 3.8) is 0 Å². The predicted molar refractivity (Wildman–Crippen MR) is 129 cm³/mol. The average molecular weight is 460 g/mol. The van der Waals surface area contributed by atoms with E-state index in [4.69, 9.17) is 4.74 Å². The summed E-state index contributed by atoms with van der Waals surface area (Å²) in [6.07, 6.45) is 0. The molecule has 3 N–H and O–H groups in total. The molecule has 2 amide bonds. The molecule has 33 heavy (non-hydrogen) atoms. The summed E-state index contributed by atoms with van der Waals surface area (Å²) in [5.74, 6) is 0.834. The molecule has 3 aromatic carbocycles. The van der Waals surface area contributed by atoms with Crippen LogP contribution < -0.4 is 15.4 Å². The fourth-order valence-corrected chi connectivity index (χ4v) is 3.61. The second kappa shape index (κ2) is 10.5. The Hall–Kier alpha value is -4.11. The number of ether oxygens (including phenoxy) is 1. The molecular weight excluding hydrogens is 438 g/mol. The van der Waals surface area contributed by atoms with Crippen LogP contribution in [-0.4, -0.2) is 39.9 Å². The summed E-state index contributed by atoms with van der Waals surface area (Å²) in [4.78, 5) is 29.7. The van der Waals surface area contributed by atoms with Crippen LogP contribution in [0, 0.1) is 0 Å². The van der Waals surface area contributed by atoms with Crippen molar-refractivity contribution in [1.82, 2.24) is 15.2 Å². The van der Waals surface area contributed by atoms with E-state index in [0.717, 1.165) is 5.56 Å². The zero-order chi connectivity index (χ0) is 23.0. The lowest BCUT2D eigenvalue weighted by atomic mass is 10.1. The van der Waals surface area contributed by atoms with Gasteiger partial charge < -0.3 is 15.4 Å². The van der Waals surface area contributed by atoms with Crippen LogP contribution in [-0.2, 0) is 4.79 Å². The van der Waals surface area contributed by atoms with E-state index in [9.17, 15) is 9.59 Å². The normalized spacial score (nSPS) is 10.5. The highest BCUT2D eigenvalue weighted by Crippen LogP contribution is 2.21. The highest BCUT2D eigenvalue weighted by atomic mass is 32.2. The van der Waals surface area contributed by atoms with Gasteiger partial charge in [0.1, 0.15) is 5.75 Å². The average Bonchev–Trinajstić information content (AvgIpc) is 3.33. The van der Waals surface area contributed by atoms with Gasteiger partial charge in [0.2, 0.25) is 11.1 Å². The highest BCUT2D eigenvalue weighted by molar-refractivity contribution is 7.99. The molecule has 4 rings (SSSR count). The first-order chi connectivity index (χ1) is 16.1. The summed E-state index contributed by atoms with van der Waals surface area (Å²) >= 11 is 1.21. The molecule has 0 saturated heterocycles. The summed E-state index contributed by atoms with van der Waals surface area (Å²) < 4.78 is 5.13. The number of carbonyl (C=O) groups excluding carboxylic acids is 2. The molecule has 166 valence electrons. The molecule has 1 heterocycles. The van der Waals surface area contributed by atoms with Crippen molar-refractivity contribution in [2.24, 2.45) is 0 Å². The number of H-pyrrole nitrogens is 1. The number of aromatic amines is 1. The summed E-state index contributed by atoms with van der Waals surface area (Å²) in [7, 11) is 1.58. The van der Waals surface area contributed by atoms with Gasteiger partial charge in [-0.25, -0.2) is 4.98 Å². The maximum Gasteiger partial charge on any atom is 0.257 e. The maximum absolute atomic E-state index is 12.8. The Morgan fingerprint density at radius 3 is 2.42 bits per heavy atom. The van der Waals surface area contributed by atoms with E-state index in [1.54, 1.807) is 55.6 Å². The van der Waals surface area contributed by atoms with Gasteiger partial charge in [-0.15, -0.1) is 5.10 Å². The van der Waals surface area contributed by atoms with Gasteiger partial charge in [-0.2, -0.15) is 0 Å². The smallest absolute Gasteiger partial charge is 0.257 e. The van der Waals surface area contributed by atoms with Gasteiger partial charge in [0.25, 0.3) is 5.91 Å². The Morgan fingerprint density at radius 2 is 1.67 bits per heavy atom. The van der Waals surface area contributed by atoms with Gasteiger partial charge in [0, 0.05) is 11.3 Å². The standard InChI is InChI=1S/C24H21N5O3S/c1-32-18-13-11-17(12-14-18)25-23(31)19-9-5-6-10-20(19)26-21(30)15-33-24-27-22(28-29-24)16-7-3-2-4-8-16/h2-14H,15H2,1H3,(H,25,31)(H,26,30)(H,27,28,29). The van der Waals surface area contributed by atoms with E-state index in [-0.39, 0.29) is 17.6 Å². The summed E-state index contributed by atoms with van der Waals surface area (Å²) in [5.41, 5.74) is 2.32. The van der Waals surface area contributed by atoms with Crippen molar-refractivity contribution in [3.8, 4) is 17.1 Å². The number of anilines is 2. The number of nitrogens with one attached hydrogen (secondary N) is 3. The quantitative estimate of drug-likeness (QED) is 0.336. The number of aromatic nitrogens is 3. The minimum atomic E-state index is -0.329. The molecule has 0 saturated carbocycles. The molecule has 4 aromatic rings. The van der Waals surface area contributed by atoms with Crippen LogP contribution in [0.1, 0.15) is 10.4 Å². The molecule has 0 bridgehead atoms. The number of hydrogen-bond acceptors (Lipinski definition) is 6. The first-order valence-electron chi connectivity index (χ1n) is 10.1. The maximum atomic E-state index is 12.8. The van der Waals surface area contributed by atoms with Crippen LogP contribution in [0.25, 0.3) is 11.4 Å². The Balaban J connectivity index is 1.36. The van der Waals surface area contributed by atoms with Gasteiger partial charge >= 0.3 is 0 Å². The van der Waals surface area contributed by atoms with E-state index >= 15 is 0 Å². The Labute approximate surface area is 194 Å². The first kappa shape index (κ1) is 22.1. The number of nitrogens with zero attached hydrogens (tertiary/aromatic N) is 2. The Morgan fingerprint density at radius 1 is 0.939 bits per heavy atom. The molecule has 1 aromatic heterocycles. The largest absolute Gasteiger partial charge is 0.497 e. The number of benzene rings is 3. The van der Waals surface area contributed by atoms with Crippen molar-refractivity contribution in [2.75, 3.05) is 23.5 Å². The van der Waals surface area contributed by atoms with Gasteiger partial charge in [0.05, 0.1) is 24.1 Å². The Kier molecular flexibility index (Phi) is 7.01. The van der Waals surface area contributed by atoms with Crippen LogP contribution in [0.5, 0.6) is 5.75 Å². The molecule has 0 radical (unpaired) electrons. The highest BCUT2D eigenvalue weighted by Gasteiger charge is 2.15. The van der Waals surface area contributed by atoms with Gasteiger partial charge in [-0.05, 0) is 36.4 Å². The predicted octanol–water partition coefficient (Wildman–Crippen LogP) is 4.46. The van der Waals surface area contributed by atoms with Crippen molar-refractivity contribution < 1.29 is 14.3 Å². The number of hydrogen-bond donors (Lipinski definition) is 3. The summed E-state index contributed by atoms with van der Waals surface area (Å²) in [5, 5.41) is 13.1. The van der Waals surface area contributed by atoms with Gasteiger partial charge in [-0.3, -0.25) is 14.7 Å². The first-order valence-corrected chi connectivity index (χ1v) is 11.1. The lowest BCUT2D eigenvalue weighted by molar-refractivity contribution is -0.113. The van der Waals surface area contributed by atoms with Crippen molar-refractivity contribution in [2.45, 2.75) is 5.16 Å². The molecule has 0 spiro atoms. The molecule has 8 nitrogen and oxygen atoms in total. The zero-order valence-corrected chi connectivity index (χ0v) is 18.6. The van der Waals surface area contributed by atoms with E-state index in [2.05, 4.69) is 25.8 Å². The van der Waals surface area contributed by atoms with Crippen LogP contribution >= 0.6 is 11.8 Å². The number of para-hydroxylation sites is 1. The second-order valence-electron chi connectivity index (χ2n) is 6.90. The monoisotopic (exact) mass is 459 g/mol. The molecule has 0 aliphatic carbocycles. The van der Waals surface area contributed by atoms with Gasteiger partial charge in [-0.1, -0.05) is 54.2 Å². The van der Waals surface area contributed by atoms with E-state index in [1.807, 2.05) is 30.3 Å². The third-order valence-electron chi connectivity index (χ3n) is 4.64. The lowest BCUT2D eigenvalue weighted by Crippen LogP contribution is -2.19. The molecule has 0 fully saturated rings. The van der Waals surface area contributed by atoms with E-state index < -0.39 is 0 Å². The number of amides is 2. The van der Waals surface area contributed by atoms with E-state index in [0.29, 0.717) is 33.7 Å². The van der Waals surface area contributed by atoms with Crippen molar-refractivity contribution >= 4 is 35.0 Å². The third-order valence-corrected chi connectivity index (χ3v) is 5.49. The van der Waals surface area contributed by atoms with Gasteiger partial charge in [0.15, 0.2) is 5.82 Å². The van der Waals surface area contributed by atoms with Crippen LogP contribution in [0.3, 0.4) is 0 Å². The van der Waals surface area contributed by atoms with Crippen LogP contribution in [0.4, 0.5) is 11.4 Å². The lowest BCUT2D eigenvalue weighted by Gasteiger charge is -2.11. The van der Waals surface area contributed by atoms with Crippen molar-refractivity contribution in [3.05, 3.63) is 84.4 Å². The van der Waals surface area contributed by atoms with E-state index in [1.165, 1.54) is 11.8 Å². The number of methoxy groups -OCH3 is 1. The second-order valence-corrected chi connectivity index (χ2v) is 7.84. The Bertz CT molecular complexity index is 1240. The molecule has 0 aliphatic rings. The molecular formula is C24H21N5O3S. The van der Waals surface area contributed by atoms with Crippen molar-refractivity contribution in [1.29, 1.82) is 0 Å². The fraction of sp³-hybridized carbons (Fsp3) is 0.0833. The topological polar surface area (TPSA) is 109 Å². The third kappa shape index (κ3) is 5.78.